The van der Waals surface area contributed by atoms with Crippen LogP contribution < -0.4 is 5.73 Å². The lowest BCUT2D eigenvalue weighted by molar-refractivity contribution is -0.142. The summed E-state index contributed by atoms with van der Waals surface area (Å²) in [6, 6.07) is 0.691. The van der Waals surface area contributed by atoms with Crippen LogP contribution in [0.2, 0.25) is 0 Å². The third-order valence-corrected chi connectivity index (χ3v) is 1.58. The molecule has 16 heavy (non-hydrogen) atoms. The summed E-state index contributed by atoms with van der Waals surface area (Å²) >= 11 is 0. The van der Waals surface area contributed by atoms with E-state index in [1.165, 1.54) is 0 Å². The highest BCUT2D eigenvalue weighted by Crippen LogP contribution is 2.18. The van der Waals surface area contributed by atoms with Crippen LogP contribution in [0.4, 0.5) is 13.2 Å². The van der Waals surface area contributed by atoms with Crippen LogP contribution in [-0.2, 0) is 6.54 Å². The van der Waals surface area contributed by atoms with Crippen LogP contribution in [0.25, 0.3) is 0 Å². The van der Waals surface area contributed by atoms with Gasteiger partial charge in [0.2, 0.25) is 0 Å². The first-order valence-electron chi connectivity index (χ1n) is 3.88. The van der Waals surface area contributed by atoms with Crippen molar-refractivity contribution >= 4 is 11.9 Å². The number of alkyl halides is 3. The van der Waals surface area contributed by atoms with Gasteiger partial charge in [-0.05, 0) is 0 Å². The lowest BCUT2D eigenvalue weighted by Gasteiger charge is -2.07. The molecule has 1 aromatic heterocycles. The molecule has 0 aliphatic carbocycles. The first-order chi connectivity index (χ1) is 7.20. The number of hydrogen-bond donors (Lipinski definition) is 2. The van der Waals surface area contributed by atoms with Crippen molar-refractivity contribution < 1.29 is 27.9 Å². The van der Waals surface area contributed by atoms with Crippen LogP contribution in [0.5, 0.6) is 0 Å². The van der Waals surface area contributed by atoms with Crippen molar-refractivity contribution in [1.82, 2.24) is 9.78 Å². The van der Waals surface area contributed by atoms with Crippen LogP contribution in [-0.4, -0.2) is 32.9 Å². The highest BCUT2D eigenvalue weighted by molar-refractivity contribution is 5.94. The minimum Gasteiger partial charge on any atom is -0.477 e. The Morgan fingerprint density at radius 1 is 1.50 bits per heavy atom. The Hall–Kier alpha value is -2.06. The topological polar surface area (TPSA) is 98.2 Å². The maximum atomic E-state index is 12.0. The molecule has 1 rings (SSSR count). The van der Waals surface area contributed by atoms with Crippen molar-refractivity contribution in [2.75, 3.05) is 0 Å². The Kier molecular flexibility index (Phi) is 2.88. The van der Waals surface area contributed by atoms with Gasteiger partial charge in [0.05, 0.1) is 0 Å². The predicted molar refractivity (Wildman–Crippen MR) is 43.8 cm³/mol. The van der Waals surface area contributed by atoms with Crippen molar-refractivity contribution in [3.05, 3.63) is 17.5 Å². The molecule has 0 radical (unpaired) electrons. The number of carboxylic acid groups (broad SMARTS) is 1. The highest BCUT2D eigenvalue weighted by Gasteiger charge is 2.31. The molecule has 0 saturated carbocycles. The van der Waals surface area contributed by atoms with Gasteiger partial charge in [-0.2, -0.15) is 18.3 Å². The van der Waals surface area contributed by atoms with E-state index in [0.29, 0.717) is 6.07 Å². The first kappa shape index (κ1) is 12.0. The average Bonchev–Trinajstić information content (AvgIpc) is 2.44. The summed E-state index contributed by atoms with van der Waals surface area (Å²) in [6.07, 6.45) is -4.63. The van der Waals surface area contributed by atoms with Crippen LogP contribution in [0.1, 0.15) is 21.0 Å². The number of carboxylic acids is 1. The first-order valence-corrected chi connectivity index (χ1v) is 3.88. The molecule has 1 amide bonds. The van der Waals surface area contributed by atoms with E-state index in [-0.39, 0.29) is 4.68 Å². The van der Waals surface area contributed by atoms with E-state index in [9.17, 15) is 22.8 Å². The van der Waals surface area contributed by atoms with Crippen LogP contribution in [0.3, 0.4) is 0 Å². The van der Waals surface area contributed by atoms with Gasteiger partial charge in [-0.1, -0.05) is 0 Å². The largest absolute Gasteiger partial charge is 0.477 e. The summed E-state index contributed by atoms with van der Waals surface area (Å²) < 4.78 is 36.2. The van der Waals surface area contributed by atoms with Crippen LogP contribution in [0, 0.1) is 0 Å². The molecule has 0 aliphatic rings. The minimum atomic E-state index is -4.63. The fourth-order valence-electron chi connectivity index (χ4n) is 1.000. The molecule has 0 spiro atoms. The zero-order valence-electron chi connectivity index (χ0n) is 7.65. The number of nitrogens with zero attached hydrogens (tertiary/aromatic N) is 2. The van der Waals surface area contributed by atoms with Gasteiger partial charge in [-0.25, -0.2) is 9.48 Å². The Bertz CT molecular complexity index is 438. The van der Waals surface area contributed by atoms with Crippen LogP contribution >= 0.6 is 0 Å². The van der Waals surface area contributed by atoms with Gasteiger partial charge in [0, 0.05) is 6.07 Å². The second-order valence-electron chi connectivity index (χ2n) is 2.86. The molecule has 0 fully saturated rings. The fourth-order valence-corrected chi connectivity index (χ4v) is 1.000. The summed E-state index contributed by atoms with van der Waals surface area (Å²) in [5.74, 6) is -2.72. The van der Waals surface area contributed by atoms with Gasteiger partial charge in [-0.15, -0.1) is 0 Å². The molecular weight excluding hydrogens is 231 g/mol. The Balaban J connectivity index is 3.15. The minimum absolute atomic E-state index is 0.169. The highest BCUT2D eigenvalue weighted by atomic mass is 19.4. The Morgan fingerprint density at radius 3 is 2.44 bits per heavy atom. The van der Waals surface area contributed by atoms with Crippen molar-refractivity contribution in [3.8, 4) is 0 Å². The van der Waals surface area contributed by atoms with Gasteiger partial charge < -0.3 is 10.8 Å². The molecule has 88 valence electrons. The second kappa shape index (κ2) is 3.83. The van der Waals surface area contributed by atoms with Gasteiger partial charge >= 0.3 is 12.1 Å². The number of nitrogens with two attached hydrogens (primary N) is 1. The second-order valence-corrected chi connectivity index (χ2v) is 2.86. The van der Waals surface area contributed by atoms with Crippen molar-refractivity contribution in [3.63, 3.8) is 0 Å². The van der Waals surface area contributed by atoms with Gasteiger partial charge in [0.1, 0.15) is 12.2 Å². The van der Waals surface area contributed by atoms with E-state index < -0.39 is 36.0 Å². The molecule has 0 aliphatic heterocycles. The van der Waals surface area contributed by atoms with Gasteiger partial charge in [-0.3, -0.25) is 4.79 Å². The van der Waals surface area contributed by atoms with Gasteiger partial charge in [0.25, 0.3) is 5.91 Å². The quantitative estimate of drug-likeness (QED) is 0.786. The molecule has 0 atom stereocenters. The Morgan fingerprint density at radius 2 is 2.06 bits per heavy atom. The average molecular weight is 237 g/mol. The van der Waals surface area contributed by atoms with Crippen molar-refractivity contribution in [2.24, 2.45) is 5.73 Å². The van der Waals surface area contributed by atoms with Crippen molar-refractivity contribution in [2.45, 2.75) is 12.7 Å². The van der Waals surface area contributed by atoms with E-state index in [1.807, 2.05) is 0 Å². The van der Waals surface area contributed by atoms with E-state index in [2.05, 4.69) is 5.10 Å². The maximum absolute atomic E-state index is 12.0. The number of amides is 1. The number of aromatic carboxylic acids is 1. The smallest absolute Gasteiger partial charge is 0.408 e. The van der Waals surface area contributed by atoms with E-state index >= 15 is 0 Å². The summed E-state index contributed by atoms with van der Waals surface area (Å²) in [5, 5.41) is 11.7. The van der Waals surface area contributed by atoms with E-state index in [4.69, 9.17) is 10.8 Å². The molecular formula is C7H6F3N3O3. The number of rotatable bonds is 3. The molecule has 0 saturated heterocycles. The fraction of sp³-hybridized carbons (Fsp3) is 0.286. The maximum Gasteiger partial charge on any atom is 0.408 e. The molecule has 0 bridgehead atoms. The summed E-state index contributed by atoms with van der Waals surface area (Å²) in [7, 11) is 0. The van der Waals surface area contributed by atoms with E-state index in [0.717, 1.165) is 0 Å². The third kappa shape index (κ3) is 2.72. The van der Waals surface area contributed by atoms with E-state index in [1.54, 1.807) is 0 Å². The molecule has 9 heteroatoms. The number of aromatic nitrogens is 2. The molecule has 1 aromatic rings. The lowest BCUT2D eigenvalue weighted by Crippen LogP contribution is -2.22. The van der Waals surface area contributed by atoms with Gasteiger partial charge in [0.15, 0.2) is 5.69 Å². The zero-order valence-corrected chi connectivity index (χ0v) is 7.65. The summed E-state index contributed by atoms with van der Waals surface area (Å²) in [5.41, 5.74) is 3.50. The summed E-state index contributed by atoms with van der Waals surface area (Å²) in [6.45, 7) is -1.60. The normalized spacial score (nSPS) is 11.4. The SMILES string of the molecule is NC(=O)c1cc(C(=O)O)n(CC(F)(F)F)n1. The van der Waals surface area contributed by atoms with Crippen molar-refractivity contribution in [1.29, 1.82) is 0 Å². The molecule has 0 unspecified atom stereocenters. The standard InChI is InChI=1S/C7H6F3N3O3/c8-7(9,10)2-13-4(6(15)16)1-3(12-13)5(11)14/h1H,2H2,(H2,11,14)(H,15,16). The third-order valence-electron chi connectivity index (χ3n) is 1.58. The molecule has 6 nitrogen and oxygen atoms in total. The zero-order chi connectivity index (χ0) is 12.5. The summed E-state index contributed by atoms with van der Waals surface area (Å²) in [4.78, 5) is 21.2. The lowest BCUT2D eigenvalue weighted by atomic mass is 10.3. The number of halogens is 3. The molecule has 3 N–H and O–H groups in total. The number of carbonyl (C=O) groups is 2. The monoisotopic (exact) mass is 237 g/mol. The number of primary amides is 1. The molecule has 0 aromatic carbocycles. The predicted octanol–water partition coefficient (Wildman–Crippen LogP) is 0.242. The molecule has 1 heterocycles. The Labute approximate surface area is 86.5 Å². The number of hydrogen-bond acceptors (Lipinski definition) is 3. The van der Waals surface area contributed by atoms with Crippen LogP contribution in [0.15, 0.2) is 6.07 Å². The number of carbonyl (C=O) groups excluding carboxylic acids is 1.